The summed E-state index contributed by atoms with van der Waals surface area (Å²) in [5, 5.41) is 0. The molecule has 0 fully saturated rings. The maximum Gasteiger partial charge on any atom is 0.425 e. The van der Waals surface area contributed by atoms with Gasteiger partial charge < -0.3 is 9.47 Å². The molecule has 0 bridgehead atoms. The first kappa shape index (κ1) is 20.7. The van der Waals surface area contributed by atoms with Crippen LogP contribution in [-0.4, -0.2) is 24.2 Å². The zero-order chi connectivity index (χ0) is 19.4. The van der Waals surface area contributed by atoms with Gasteiger partial charge in [0, 0.05) is 0 Å². The average Bonchev–Trinajstić information content (AvgIpc) is 2.45. The maximum absolute atomic E-state index is 13.6. The Morgan fingerprint density at radius 3 is 2.12 bits per heavy atom. The second-order valence-corrected chi connectivity index (χ2v) is 4.76. The van der Waals surface area contributed by atoms with Crippen LogP contribution in [0.5, 0.6) is 5.75 Å². The molecule has 1 unspecified atom stereocenters. The predicted molar refractivity (Wildman–Crippen MR) is 67.9 cm³/mol. The Morgan fingerprint density at radius 2 is 1.60 bits per heavy atom. The highest BCUT2D eigenvalue weighted by Gasteiger charge is 2.39. The van der Waals surface area contributed by atoms with Crippen molar-refractivity contribution in [1.82, 2.24) is 0 Å². The molecule has 0 aliphatic heterocycles. The topological polar surface area (TPSA) is 52.6 Å². The minimum absolute atomic E-state index is 0.433. The summed E-state index contributed by atoms with van der Waals surface area (Å²) in [7, 11) is 0. The van der Waals surface area contributed by atoms with Crippen LogP contribution in [-0.2, 0) is 20.5 Å². The number of carbonyl (C=O) groups excluding carboxylic acids is 2. The third kappa shape index (κ3) is 6.24. The van der Waals surface area contributed by atoms with E-state index in [9.17, 15) is 40.3 Å². The highest BCUT2D eigenvalue weighted by molar-refractivity contribution is 5.79. The molecular formula is C14H11F7O4. The van der Waals surface area contributed by atoms with E-state index in [-0.39, 0.29) is 0 Å². The fourth-order valence-corrected chi connectivity index (χ4v) is 1.51. The van der Waals surface area contributed by atoms with Gasteiger partial charge in [-0.15, -0.1) is 0 Å². The lowest BCUT2D eigenvalue weighted by atomic mass is 10.2. The number of halogens is 7. The Balaban J connectivity index is 2.63. The lowest BCUT2D eigenvalue weighted by Crippen LogP contribution is -2.31. The SMILES string of the molecule is CC(OC(=O)CCC(=O)Oc1cccc(C(F)(F)F)c1F)C(F)(F)F. The van der Waals surface area contributed by atoms with E-state index in [1.54, 1.807) is 0 Å². The van der Waals surface area contributed by atoms with E-state index in [2.05, 4.69) is 9.47 Å². The van der Waals surface area contributed by atoms with Crippen molar-refractivity contribution in [2.24, 2.45) is 0 Å². The molecule has 1 rings (SSSR count). The summed E-state index contributed by atoms with van der Waals surface area (Å²) in [6, 6.07) is 1.99. The molecule has 0 amide bonds. The molecular weight excluding hydrogens is 365 g/mol. The van der Waals surface area contributed by atoms with Gasteiger partial charge in [0.15, 0.2) is 17.7 Å². The van der Waals surface area contributed by atoms with E-state index < -0.39 is 60.4 Å². The molecule has 0 N–H and O–H groups in total. The third-order valence-corrected chi connectivity index (χ3v) is 2.79. The molecule has 0 saturated carbocycles. The Bertz CT molecular complexity index is 637. The van der Waals surface area contributed by atoms with Crippen molar-refractivity contribution in [3.8, 4) is 5.75 Å². The van der Waals surface area contributed by atoms with Crippen LogP contribution in [0.15, 0.2) is 18.2 Å². The van der Waals surface area contributed by atoms with Crippen molar-refractivity contribution in [2.75, 3.05) is 0 Å². The molecule has 0 heterocycles. The van der Waals surface area contributed by atoms with Gasteiger partial charge >= 0.3 is 24.3 Å². The Hall–Kier alpha value is -2.33. The number of esters is 2. The molecule has 1 aromatic carbocycles. The lowest BCUT2D eigenvalue weighted by molar-refractivity contribution is -0.216. The first-order chi connectivity index (χ1) is 11.3. The number of ether oxygens (including phenoxy) is 2. The van der Waals surface area contributed by atoms with Crippen LogP contribution in [0.4, 0.5) is 30.7 Å². The van der Waals surface area contributed by atoms with Crippen LogP contribution in [0, 0.1) is 5.82 Å². The van der Waals surface area contributed by atoms with Gasteiger partial charge in [0.2, 0.25) is 0 Å². The molecule has 0 radical (unpaired) electrons. The largest absolute Gasteiger partial charge is 0.453 e. The number of benzene rings is 1. The monoisotopic (exact) mass is 376 g/mol. The molecule has 140 valence electrons. The zero-order valence-corrected chi connectivity index (χ0v) is 12.5. The number of rotatable bonds is 5. The van der Waals surface area contributed by atoms with Crippen molar-refractivity contribution < 1.29 is 49.8 Å². The Kier molecular flexibility index (Phi) is 6.38. The summed E-state index contributed by atoms with van der Waals surface area (Å²) in [6.07, 6.45) is -13.8. The van der Waals surface area contributed by atoms with Gasteiger partial charge in [-0.05, 0) is 19.1 Å². The van der Waals surface area contributed by atoms with Crippen molar-refractivity contribution in [2.45, 2.75) is 38.2 Å². The molecule has 0 aromatic heterocycles. The van der Waals surface area contributed by atoms with Crippen LogP contribution < -0.4 is 4.74 Å². The standard InChI is InChI=1S/C14H11F7O4/c1-7(13(16,17)18)24-10(22)5-6-11(23)25-9-4-2-3-8(12(9)15)14(19,20)21/h2-4,7H,5-6H2,1H3. The summed E-state index contributed by atoms with van der Waals surface area (Å²) in [4.78, 5) is 22.6. The first-order valence-corrected chi connectivity index (χ1v) is 6.65. The summed E-state index contributed by atoms with van der Waals surface area (Å²) >= 11 is 0. The molecule has 0 spiro atoms. The van der Waals surface area contributed by atoms with E-state index in [1.165, 1.54) is 0 Å². The summed E-state index contributed by atoms with van der Waals surface area (Å²) in [5.74, 6) is -5.52. The maximum atomic E-state index is 13.6. The fraction of sp³-hybridized carbons (Fsp3) is 0.429. The quantitative estimate of drug-likeness (QED) is 0.443. The molecule has 1 aromatic rings. The van der Waals surface area contributed by atoms with Crippen molar-refractivity contribution >= 4 is 11.9 Å². The summed E-state index contributed by atoms with van der Waals surface area (Å²) in [6.45, 7) is 0.578. The number of alkyl halides is 6. The molecule has 0 saturated heterocycles. The minimum Gasteiger partial charge on any atom is -0.453 e. The van der Waals surface area contributed by atoms with Gasteiger partial charge in [-0.2, -0.15) is 26.3 Å². The van der Waals surface area contributed by atoms with Gasteiger partial charge in [0.1, 0.15) is 0 Å². The highest BCUT2D eigenvalue weighted by atomic mass is 19.4. The molecule has 4 nitrogen and oxygen atoms in total. The number of carbonyl (C=O) groups is 2. The van der Waals surface area contributed by atoms with Crippen molar-refractivity contribution in [1.29, 1.82) is 0 Å². The molecule has 25 heavy (non-hydrogen) atoms. The molecule has 0 aliphatic rings. The normalized spacial score (nSPS) is 13.3. The summed E-state index contributed by atoms with van der Waals surface area (Å²) < 4.78 is 96.0. The Labute approximate surface area is 136 Å². The third-order valence-electron chi connectivity index (χ3n) is 2.79. The minimum atomic E-state index is -5.01. The second-order valence-electron chi connectivity index (χ2n) is 4.76. The second kappa shape index (κ2) is 7.70. The van der Waals surface area contributed by atoms with E-state index in [0.717, 1.165) is 12.1 Å². The zero-order valence-electron chi connectivity index (χ0n) is 12.5. The molecule has 11 heteroatoms. The van der Waals surface area contributed by atoms with Gasteiger partial charge in [-0.3, -0.25) is 9.59 Å². The average molecular weight is 376 g/mol. The van der Waals surface area contributed by atoms with Crippen molar-refractivity contribution in [3.63, 3.8) is 0 Å². The van der Waals surface area contributed by atoms with Crippen LogP contribution in [0.3, 0.4) is 0 Å². The fourth-order valence-electron chi connectivity index (χ4n) is 1.51. The van der Waals surface area contributed by atoms with E-state index in [4.69, 9.17) is 0 Å². The Morgan fingerprint density at radius 1 is 1.04 bits per heavy atom. The van der Waals surface area contributed by atoms with Crippen LogP contribution in [0.1, 0.15) is 25.3 Å². The highest BCUT2D eigenvalue weighted by Crippen LogP contribution is 2.34. The molecule has 1 atom stereocenters. The summed E-state index contributed by atoms with van der Waals surface area (Å²) in [5.41, 5.74) is -1.66. The number of hydrogen-bond donors (Lipinski definition) is 0. The van der Waals surface area contributed by atoms with Gasteiger partial charge in [-0.25, -0.2) is 4.39 Å². The van der Waals surface area contributed by atoms with Crippen LogP contribution in [0.2, 0.25) is 0 Å². The number of hydrogen-bond acceptors (Lipinski definition) is 4. The van der Waals surface area contributed by atoms with Crippen molar-refractivity contribution in [3.05, 3.63) is 29.6 Å². The van der Waals surface area contributed by atoms with Gasteiger partial charge in [0.05, 0.1) is 18.4 Å². The predicted octanol–water partition coefficient (Wildman–Crippen LogP) is 4.02. The van der Waals surface area contributed by atoms with Gasteiger partial charge in [-0.1, -0.05) is 6.07 Å². The van der Waals surface area contributed by atoms with Crippen LogP contribution in [0.25, 0.3) is 0 Å². The first-order valence-electron chi connectivity index (χ1n) is 6.65. The van der Waals surface area contributed by atoms with Crippen LogP contribution >= 0.6 is 0 Å². The molecule has 0 aliphatic carbocycles. The lowest BCUT2D eigenvalue weighted by Gasteiger charge is -2.16. The van der Waals surface area contributed by atoms with Gasteiger partial charge in [0.25, 0.3) is 0 Å². The van der Waals surface area contributed by atoms with E-state index >= 15 is 0 Å². The van der Waals surface area contributed by atoms with E-state index in [0.29, 0.717) is 13.0 Å². The van der Waals surface area contributed by atoms with E-state index in [1.807, 2.05) is 0 Å². The smallest absolute Gasteiger partial charge is 0.425 e.